The molecule has 0 spiro atoms. The van der Waals surface area contributed by atoms with E-state index in [-0.39, 0.29) is 15.6 Å². The number of nitrogens with zero attached hydrogens (tertiary/aromatic N) is 2. The predicted octanol–water partition coefficient (Wildman–Crippen LogP) is 0.105. The number of hydrogen-bond donors (Lipinski definition) is 5. The molecule has 2 heterocycles. The van der Waals surface area contributed by atoms with Gasteiger partial charge in [-0.25, -0.2) is 14.3 Å². The van der Waals surface area contributed by atoms with Crippen LogP contribution < -0.4 is 5.14 Å². The molecule has 35 heavy (non-hydrogen) atoms. The van der Waals surface area contributed by atoms with Crippen LogP contribution >= 0.6 is 11.3 Å². The summed E-state index contributed by atoms with van der Waals surface area (Å²) in [5, 5.41) is 45.8. The van der Waals surface area contributed by atoms with Gasteiger partial charge in [0.15, 0.2) is 9.92 Å². The van der Waals surface area contributed by atoms with Crippen LogP contribution in [0.1, 0.15) is 51.8 Å². The third-order valence-electron chi connectivity index (χ3n) is 7.09. The monoisotopic (exact) mass is 523 g/mol. The van der Waals surface area contributed by atoms with Gasteiger partial charge >= 0.3 is 0 Å². The summed E-state index contributed by atoms with van der Waals surface area (Å²) in [5.74, 6) is -0.560. The third-order valence-corrected chi connectivity index (χ3v) is 10.1. The Balaban J connectivity index is 1.39. The second-order valence-electron chi connectivity index (χ2n) is 9.34. The van der Waals surface area contributed by atoms with Crippen LogP contribution in [0.5, 0.6) is 0 Å². The van der Waals surface area contributed by atoms with Crippen molar-refractivity contribution in [2.75, 3.05) is 6.61 Å². The molecule has 0 radical (unpaired) electrons. The van der Waals surface area contributed by atoms with Crippen molar-refractivity contribution < 1.29 is 34.2 Å². The number of ether oxygens (including phenoxy) is 1. The van der Waals surface area contributed by atoms with Crippen molar-refractivity contribution in [1.29, 1.82) is 0 Å². The Labute approximate surface area is 207 Å². The Hall–Kier alpha value is -1.77. The first kappa shape index (κ1) is 24.9. The van der Waals surface area contributed by atoms with Gasteiger partial charge in [0.1, 0.15) is 39.7 Å². The number of nitrogens with two attached hydrogens (primary N) is 1. The molecule has 2 aromatic rings. The number of fused-ring (bicyclic) bond motifs is 2. The van der Waals surface area contributed by atoms with Crippen LogP contribution in [0, 0.1) is 0 Å². The molecule has 190 valence electrons. The van der Waals surface area contributed by atoms with Crippen LogP contribution in [0.4, 0.5) is 0 Å². The molecule has 1 fully saturated rings. The molecule has 0 saturated carbocycles. The second-order valence-corrected chi connectivity index (χ2v) is 12.4. The number of carbonyl (C=O) groups is 1. The zero-order chi connectivity index (χ0) is 24.9. The zero-order valence-corrected chi connectivity index (χ0v) is 20.6. The first-order valence-corrected chi connectivity index (χ1v) is 14.1. The van der Waals surface area contributed by atoms with Crippen molar-refractivity contribution in [2.45, 2.75) is 79.7 Å². The van der Waals surface area contributed by atoms with E-state index in [1.54, 1.807) is 0 Å². The number of carbonyl (C=O) groups excluding carboxylic acids is 1. The quantitative estimate of drug-likeness (QED) is 0.367. The van der Waals surface area contributed by atoms with E-state index in [0.717, 1.165) is 55.4 Å². The van der Waals surface area contributed by atoms with Crippen molar-refractivity contribution in [3.8, 4) is 0 Å². The molecule has 1 amide bonds. The lowest BCUT2D eigenvalue weighted by atomic mass is 9.92. The summed E-state index contributed by atoms with van der Waals surface area (Å²) in [4.78, 5) is 17.0. The smallest absolute Gasteiger partial charge is 0.259 e. The number of aryl methyl sites for hydroxylation is 2. The van der Waals surface area contributed by atoms with Gasteiger partial charge in [0.25, 0.3) is 5.91 Å². The summed E-state index contributed by atoms with van der Waals surface area (Å²) in [6.45, 7) is -0.579. The van der Waals surface area contributed by atoms with Crippen LogP contribution in [0.15, 0.2) is 20.8 Å². The van der Waals surface area contributed by atoms with E-state index in [2.05, 4.69) is 15.4 Å². The Bertz CT molecular complexity index is 1240. The normalized spacial score (nSPS) is 29.5. The van der Waals surface area contributed by atoms with Gasteiger partial charge in [0.05, 0.1) is 19.2 Å². The van der Waals surface area contributed by atoms with Crippen molar-refractivity contribution in [1.82, 2.24) is 4.98 Å². The van der Waals surface area contributed by atoms with E-state index in [1.165, 1.54) is 28.5 Å². The minimum Gasteiger partial charge on any atom is -0.394 e. The fourth-order valence-electron chi connectivity index (χ4n) is 5.37. The topological polar surface area (TPSA) is 176 Å². The number of aliphatic hydroxyl groups excluding tert-OH is 4. The van der Waals surface area contributed by atoms with Gasteiger partial charge in [-0.1, -0.05) is 6.07 Å². The van der Waals surface area contributed by atoms with E-state index in [1.807, 2.05) is 0 Å². The average molecular weight is 524 g/mol. The number of rotatable bonds is 5. The van der Waals surface area contributed by atoms with Crippen LogP contribution in [0.2, 0.25) is 0 Å². The van der Waals surface area contributed by atoms with Crippen LogP contribution in [-0.4, -0.2) is 66.5 Å². The first-order valence-electron chi connectivity index (χ1n) is 11.7. The maximum atomic E-state index is 13.2. The van der Waals surface area contributed by atoms with Gasteiger partial charge in [-0.3, -0.25) is 4.79 Å². The Morgan fingerprint density at radius 3 is 2.40 bits per heavy atom. The first-order chi connectivity index (χ1) is 16.7. The van der Waals surface area contributed by atoms with Gasteiger partial charge in [0.2, 0.25) is 0 Å². The predicted molar refractivity (Wildman–Crippen MR) is 127 cm³/mol. The molecule has 0 bridgehead atoms. The number of thiazole rings is 1. The molecule has 3 aliphatic rings. The number of amides is 1. The maximum Gasteiger partial charge on any atom is 0.259 e. The van der Waals surface area contributed by atoms with Gasteiger partial charge < -0.3 is 25.2 Å². The fraction of sp³-hybridized carbons (Fsp3) is 0.565. The molecular weight excluding hydrogens is 494 g/mol. The Morgan fingerprint density at radius 1 is 1.11 bits per heavy atom. The van der Waals surface area contributed by atoms with Crippen molar-refractivity contribution in [3.05, 3.63) is 45.1 Å². The minimum absolute atomic E-state index is 0.0290. The molecule has 2 aliphatic carbocycles. The van der Waals surface area contributed by atoms with E-state index in [4.69, 9.17) is 9.88 Å². The average Bonchev–Trinajstić information content (AvgIpc) is 3.57. The van der Waals surface area contributed by atoms with Gasteiger partial charge in [-0.05, 0) is 66.3 Å². The molecule has 1 aromatic carbocycles. The summed E-state index contributed by atoms with van der Waals surface area (Å²) in [6, 6.07) is 2.28. The summed E-state index contributed by atoms with van der Waals surface area (Å²) < 4.78 is 22.6. The highest BCUT2D eigenvalue weighted by atomic mass is 32.2. The summed E-state index contributed by atoms with van der Waals surface area (Å²) in [7, 11) is -3.60. The molecule has 1 aromatic heterocycles. The Kier molecular flexibility index (Phi) is 6.83. The summed E-state index contributed by atoms with van der Waals surface area (Å²) in [6.07, 6.45) is 0.389. The van der Waals surface area contributed by atoms with Crippen LogP contribution in [-0.2, 0) is 51.6 Å². The van der Waals surface area contributed by atoms with Crippen LogP contribution in [0.25, 0.3) is 0 Å². The fourth-order valence-corrected chi connectivity index (χ4v) is 7.61. The van der Waals surface area contributed by atoms with Crippen molar-refractivity contribution in [2.24, 2.45) is 9.50 Å². The molecule has 2 unspecified atom stereocenters. The molecular formula is C23H29N3O7S2. The number of aliphatic hydroxyl groups is 4. The second kappa shape index (κ2) is 9.60. The highest BCUT2D eigenvalue weighted by Crippen LogP contribution is 2.37. The SMILES string of the molecule is NS(=O)(=NC(=O)Cc1c2c(cc3c1CCC3)CCC2)c1cnc(C2O[C@H](CO)[C@@H](O)[C@H](O)[C@H]2O)s1. The highest BCUT2D eigenvalue weighted by Gasteiger charge is 2.45. The van der Waals surface area contributed by atoms with E-state index in [9.17, 15) is 29.4 Å². The molecule has 6 N–H and O–H groups in total. The molecule has 5 rings (SSSR count). The lowest BCUT2D eigenvalue weighted by molar-refractivity contribution is -0.231. The number of benzene rings is 1. The standard InChI is InChI=1S/C23H29N3O7S2/c24-35(32,18-9-25-23(34-18)22-21(31)20(30)19(29)16(10-27)33-22)26-17(28)8-15-13-5-1-3-11(13)7-12-4-2-6-14(12)15/h7,9,16,19-22,27,29-31H,1-6,8,10H2,(H2,24,26,28,32)/t16-,19-,20+,21-,22?,35?/m1/s1. The van der Waals surface area contributed by atoms with Crippen LogP contribution in [0.3, 0.4) is 0 Å². The molecule has 12 heteroatoms. The Morgan fingerprint density at radius 2 is 1.77 bits per heavy atom. The zero-order valence-electron chi connectivity index (χ0n) is 19.0. The number of hydrogen-bond acceptors (Lipinski definition) is 9. The van der Waals surface area contributed by atoms with Gasteiger partial charge in [-0.15, -0.1) is 15.7 Å². The van der Waals surface area contributed by atoms with Gasteiger partial charge in [-0.2, -0.15) is 0 Å². The molecule has 10 nitrogen and oxygen atoms in total. The maximum absolute atomic E-state index is 13.2. The molecule has 6 atom stereocenters. The van der Waals surface area contributed by atoms with E-state index in [0.29, 0.717) is 0 Å². The summed E-state index contributed by atoms with van der Waals surface area (Å²) in [5.41, 5.74) is 6.06. The van der Waals surface area contributed by atoms with E-state index >= 15 is 0 Å². The highest BCUT2D eigenvalue weighted by molar-refractivity contribution is 7.93. The van der Waals surface area contributed by atoms with Crippen molar-refractivity contribution in [3.63, 3.8) is 0 Å². The molecule has 1 aliphatic heterocycles. The lowest BCUT2D eigenvalue weighted by Gasteiger charge is -2.39. The van der Waals surface area contributed by atoms with E-state index < -0.39 is 52.9 Å². The largest absolute Gasteiger partial charge is 0.394 e. The minimum atomic E-state index is -3.60. The summed E-state index contributed by atoms with van der Waals surface area (Å²) >= 11 is 0.837. The van der Waals surface area contributed by atoms with Crippen molar-refractivity contribution >= 4 is 27.2 Å². The lowest BCUT2D eigenvalue weighted by Crippen LogP contribution is -2.55. The van der Waals surface area contributed by atoms with Gasteiger partial charge in [0, 0.05) is 0 Å². The third kappa shape index (κ3) is 4.58. The number of aromatic nitrogens is 1. The molecule has 1 saturated heterocycles.